The minimum Gasteiger partial charge on any atom is -0.298 e. The van der Waals surface area contributed by atoms with Crippen LogP contribution in [0.1, 0.15) is 57.4 Å². The Morgan fingerprint density at radius 1 is 1.00 bits per heavy atom. The molecule has 2 saturated carbocycles. The standard InChI is InChI=1S/C19H22N2O2S/c22-16-11-5-6-12-17(16)24-19-20-15-10-4-3-9-14(15)18(23)21(19)13-7-1-2-8-13/h3-4,9-10,13,17H,1-2,5-8,11-12H2. The largest absolute Gasteiger partial charge is 0.298 e. The summed E-state index contributed by atoms with van der Waals surface area (Å²) in [6.45, 7) is 0. The van der Waals surface area contributed by atoms with Crippen molar-refractivity contribution in [1.29, 1.82) is 0 Å². The van der Waals surface area contributed by atoms with Gasteiger partial charge >= 0.3 is 0 Å². The highest BCUT2D eigenvalue weighted by Crippen LogP contribution is 2.35. The first-order valence-corrected chi connectivity index (χ1v) is 9.82. The summed E-state index contributed by atoms with van der Waals surface area (Å²) in [6, 6.07) is 7.78. The minimum absolute atomic E-state index is 0.0422. The predicted molar refractivity (Wildman–Crippen MR) is 96.6 cm³/mol. The molecule has 4 nitrogen and oxygen atoms in total. The molecule has 0 bridgehead atoms. The van der Waals surface area contributed by atoms with Crippen LogP contribution < -0.4 is 5.56 Å². The number of aromatic nitrogens is 2. The van der Waals surface area contributed by atoms with E-state index in [9.17, 15) is 9.59 Å². The van der Waals surface area contributed by atoms with Crippen molar-refractivity contribution in [3.05, 3.63) is 34.6 Å². The molecule has 0 aliphatic heterocycles. The van der Waals surface area contributed by atoms with Crippen LogP contribution in [0.2, 0.25) is 0 Å². The zero-order chi connectivity index (χ0) is 16.5. The Balaban J connectivity index is 1.81. The van der Waals surface area contributed by atoms with Gasteiger partial charge in [0.25, 0.3) is 5.56 Å². The molecule has 1 atom stereocenters. The van der Waals surface area contributed by atoms with Crippen LogP contribution in [0.15, 0.2) is 34.2 Å². The van der Waals surface area contributed by atoms with Gasteiger partial charge in [-0.05, 0) is 37.8 Å². The lowest BCUT2D eigenvalue weighted by Gasteiger charge is -2.23. The maximum Gasteiger partial charge on any atom is 0.262 e. The van der Waals surface area contributed by atoms with E-state index in [1.807, 2.05) is 28.8 Å². The van der Waals surface area contributed by atoms with E-state index in [0.29, 0.717) is 17.6 Å². The first-order chi connectivity index (χ1) is 11.7. The summed E-state index contributed by atoms with van der Waals surface area (Å²) in [5.74, 6) is 0.312. The summed E-state index contributed by atoms with van der Waals surface area (Å²) >= 11 is 1.52. The lowest BCUT2D eigenvalue weighted by Crippen LogP contribution is -2.29. The normalized spacial score (nSPS) is 22.3. The summed E-state index contributed by atoms with van der Waals surface area (Å²) in [5, 5.41) is 1.38. The monoisotopic (exact) mass is 342 g/mol. The average molecular weight is 342 g/mol. The Hall–Kier alpha value is -1.62. The van der Waals surface area contributed by atoms with Gasteiger partial charge in [-0.25, -0.2) is 4.98 Å². The van der Waals surface area contributed by atoms with Gasteiger partial charge in [0.05, 0.1) is 16.2 Å². The zero-order valence-electron chi connectivity index (χ0n) is 13.7. The van der Waals surface area contributed by atoms with Crippen LogP contribution in [0.3, 0.4) is 0 Å². The van der Waals surface area contributed by atoms with E-state index in [0.717, 1.165) is 55.6 Å². The molecule has 5 heteroatoms. The maximum atomic E-state index is 13.1. The number of carbonyl (C=O) groups is 1. The van der Waals surface area contributed by atoms with E-state index < -0.39 is 0 Å². The van der Waals surface area contributed by atoms with Gasteiger partial charge in [-0.15, -0.1) is 0 Å². The number of hydrogen-bond donors (Lipinski definition) is 0. The third kappa shape index (κ3) is 2.90. The topological polar surface area (TPSA) is 52.0 Å². The molecule has 1 heterocycles. The van der Waals surface area contributed by atoms with Gasteiger partial charge in [0.1, 0.15) is 5.78 Å². The van der Waals surface area contributed by atoms with E-state index in [-0.39, 0.29) is 16.9 Å². The molecule has 1 aromatic carbocycles. The highest BCUT2D eigenvalue weighted by Gasteiger charge is 2.28. The Morgan fingerprint density at radius 2 is 1.75 bits per heavy atom. The number of hydrogen-bond acceptors (Lipinski definition) is 4. The summed E-state index contributed by atoms with van der Waals surface area (Å²) in [5.41, 5.74) is 0.792. The number of fused-ring (bicyclic) bond motifs is 1. The second-order valence-electron chi connectivity index (χ2n) is 6.84. The Bertz CT molecular complexity index is 824. The lowest BCUT2D eigenvalue weighted by atomic mass is 9.99. The highest BCUT2D eigenvalue weighted by molar-refractivity contribution is 8.00. The van der Waals surface area contributed by atoms with Gasteiger partial charge in [0.15, 0.2) is 5.16 Å². The molecule has 1 aromatic heterocycles. The van der Waals surface area contributed by atoms with Gasteiger partial charge in [0, 0.05) is 12.5 Å². The zero-order valence-corrected chi connectivity index (χ0v) is 14.6. The number of rotatable bonds is 3. The van der Waals surface area contributed by atoms with Crippen molar-refractivity contribution in [2.24, 2.45) is 0 Å². The smallest absolute Gasteiger partial charge is 0.262 e. The second-order valence-corrected chi connectivity index (χ2v) is 8.01. The van der Waals surface area contributed by atoms with Crippen LogP contribution in [-0.4, -0.2) is 20.6 Å². The van der Waals surface area contributed by atoms with Crippen molar-refractivity contribution in [3.63, 3.8) is 0 Å². The summed E-state index contributed by atoms with van der Waals surface area (Å²) in [6.07, 6.45) is 8.04. The number of benzene rings is 1. The molecule has 1 unspecified atom stereocenters. The number of thioether (sulfide) groups is 1. The van der Waals surface area contributed by atoms with E-state index in [1.54, 1.807) is 0 Å². The fraction of sp³-hybridized carbons (Fsp3) is 0.526. The third-order valence-corrected chi connectivity index (χ3v) is 6.49. The lowest BCUT2D eigenvalue weighted by molar-refractivity contribution is -0.119. The molecule has 2 aliphatic carbocycles. The summed E-state index contributed by atoms with van der Waals surface area (Å²) in [4.78, 5) is 30.1. The fourth-order valence-corrected chi connectivity index (χ4v) is 5.18. The minimum atomic E-state index is -0.0422. The molecule has 4 rings (SSSR count). The molecule has 2 fully saturated rings. The van der Waals surface area contributed by atoms with Crippen molar-refractivity contribution in [3.8, 4) is 0 Å². The van der Waals surface area contributed by atoms with Crippen molar-refractivity contribution in [1.82, 2.24) is 9.55 Å². The van der Waals surface area contributed by atoms with Crippen LogP contribution in [0.4, 0.5) is 0 Å². The van der Waals surface area contributed by atoms with Gasteiger partial charge in [-0.1, -0.05) is 43.2 Å². The molecular formula is C19H22N2O2S. The predicted octanol–water partition coefficient (Wildman–Crippen LogP) is 4.12. The van der Waals surface area contributed by atoms with Gasteiger partial charge < -0.3 is 0 Å². The fourth-order valence-electron chi connectivity index (χ4n) is 3.90. The molecule has 2 aromatic rings. The van der Waals surface area contributed by atoms with Crippen LogP contribution in [0.5, 0.6) is 0 Å². The Kier molecular flexibility index (Phi) is 4.44. The van der Waals surface area contributed by atoms with Crippen molar-refractivity contribution in [2.75, 3.05) is 0 Å². The van der Waals surface area contributed by atoms with Crippen molar-refractivity contribution < 1.29 is 4.79 Å². The van der Waals surface area contributed by atoms with Crippen LogP contribution >= 0.6 is 11.8 Å². The summed E-state index contributed by atoms with van der Waals surface area (Å²) < 4.78 is 1.89. The number of para-hydroxylation sites is 1. The van der Waals surface area contributed by atoms with Crippen molar-refractivity contribution >= 4 is 28.4 Å². The van der Waals surface area contributed by atoms with Crippen molar-refractivity contribution in [2.45, 2.75) is 67.8 Å². The van der Waals surface area contributed by atoms with Gasteiger partial charge in [-0.2, -0.15) is 0 Å². The third-order valence-electron chi connectivity index (χ3n) is 5.21. The van der Waals surface area contributed by atoms with Crippen LogP contribution in [0.25, 0.3) is 10.9 Å². The number of carbonyl (C=O) groups excluding carboxylic acids is 1. The molecule has 0 N–H and O–H groups in total. The van der Waals surface area contributed by atoms with E-state index in [4.69, 9.17) is 4.98 Å². The van der Waals surface area contributed by atoms with E-state index in [2.05, 4.69) is 0 Å². The van der Waals surface area contributed by atoms with Gasteiger partial charge in [0.2, 0.25) is 0 Å². The second kappa shape index (κ2) is 6.71. The Labute approximate surface area is 145 Å². The molecule has 0 radical (unpaired) electrons. The molecule has 24 heavy (non-hydrogen) atoms. The summed E-state index contributed by atoms with van der Waals surface area (Å²) in [7, 11) is 0. The maximum absolute atomic E-state index is 13.1. The quantitative estimate of drug-likeness (QED) is 0.788. The average Bonchev–Trinajstić information content (AvgIpc) is 3.11. The number of nitrogens with zero attached hydrogens (tertiary/aromatic N) is 2. The van der Waals surface area contributed by atoms with Crippen LogP contribution in [0, 0.1) is 0 Å². The van der Waals surface area contributed by atoms with E-state index in [1.165, 1.54) is 11.8 Å². The first kappa shape index (κ1) is 15.9. The molecule has 2 aliphatic rings. The Morgan fingerprint density at radius 3 is 2.54 bits per heavy atom. The number of ketones is 1. The van der Waals surface area contributed by atoms with E-state index >= 15 is 0 Å². The molecular weight excluding hydrogens is 320 g/mol. The molecule has 0 amide bonds. The molecule has 0 saturated heterocycles. The van der Waals surface area contributed by atoms with Gasteiger partial charge in [-0.3, -0.25) is 14.2 Å². The SMILES string of the molecule is O=C1CCCCC1Sc1nc2ccccc2c(=O)n1C1CCCC1. The molecule has 126 valence electrons. The molecule has 0 spiro atoms. The first-order valence-electron chi connectivity index (χ1n) is 8.95. The highest BCUT2D eigenvalue weighted by atomic mass is 32.2. The number of Topliss-reactive ketones (excluding diaryl/α,β-unsaturated/α-hetero) is 1. The van der Waals surface area contributed by atoms with Crippen LogP contribution in [-0.2, 0) is 4.79 Å².